The van der Waals surface area contributed by atoms with Crippen LogP contribution >= 0.6 is 0 Å². The molecular weight excluding hydrogens is 254 g/mol. The first-order valence-electron chi connectivity index (χ1n) is 6.91. The monoisotopic (exact) mass is 279 g/mol. The molecule has 20 heavy (non-hydrogen) atoms. The molecule has 112 valence electrons. The molecule has 0 aliphatic carbocycles. The van der Waals surface area contributed by atoms with Gasteiger partial charge >= 0.3 is 6.03 Å². The Balaban J connectivity index is 2.50. The molecule has 1 unspecified atom stereocenters. The largest absolute Gasteiger partial charge is 0.392 e. The van der Waals surface area contributed by atoms with Gasteiger partial charge in [0, 0.05) is 31.9 Å². The molecule has 0 saturated carbocycles. The van der Waals surface area contributed by atoms with Crippen LogP contribution in [0.25, 0.3) is 0 Å². The number of likely N-dealkylation sites (N-methyl/N-ethyl adjacent to an activating group) is 1. The minimum Gasteiger partial charge on any atom is -0.392 e. The number of hydrogen-bond donors (Lipinski definition) is 3. The van der Waals surface area contributed by atoms with Gasteiger partial charge in [-0.15, -0.1) is 0 Å². The van der Waals surface area contributed by atoms with Crippen molar-refractivity contribution in [3.8, 4) is 0 Å². The number of rotatable bonds is 6. The summed E-state index contributed by atoms with van der Waals surface area (Å²) < 4.78 is 0. The zero-order valence-electron chi connectivity index (χ0n) is 12.7. The van der Waals surface area contributed by atoms with Crippen LogP contribution in [0.1, 0.15) is 26.3 Å². The highest BCUT2D eigenvalue weighted by molar-refractivity contribution is 5.73. The number of urea groups is 1. The van der Waals surface area contributed by atoms with Crippen molar-refractivity contribution in [3.63, 3.8) is 0 Å². The normalized spacial score (nSPS) is 12.1. The van der Waals surface area contributed by atoms with Crippen molar-refractivity contribution >= 4 is 11.7 Å². The van der Waals surface area contributed by atoms with Crippen LogP contribution in [0.4, 0.5) is 10.5 Å². The summed E-state index contributed by atoms with van der Waals surface area (Å²) in [5.41, 5.74) is 2.08. The van der Waals surface area contributed by atoms with Crippen LogP contribution in [-0.2, 0) is 6.54 Å². The highest BCUT2D eigenvalue weighted by Gasteiger charge is 2.10. The molecule has 1 aromatic rings. The first-order valence-corrected chi connectivity index (χ1v) is 6.91. The summed E-state index contributed by atoms with van der Waals surface area (Å²) in [6, 6.07) is 8.15. The summed E-state index contributed by atoms with van der Waals surface area (Å²) >= 11 is 0. The number of aliphatic hydroxyl groups is 1. The van der Waals surface area contributed by atoms with Crippen LogP contribution in [0, 0.1) is 0 Å². The molecule has 0 spiro atoms. The zero-order chi connectivity index (χ0) is 15.1. The fraction of sp³-hybridized carbons (Fsp3) is 0.533. The molecule has 0 aromatic heterocycles. The molecule has 0 heterocycles. The van der Waals surface area contributed by atoms with Gasteiger partial charge in [0.1, 0.15) is 0 Å². The van der Waals surface area contributed by atoms with Crippen molar-refractivity contribution in [2.75, 3.05) is 18.9 Å². The fourth-order valence-electron chi connectivity index (χ4n) is 1.90. The lowest BCUT2D eigenvalue weighted by atomic mass is 10.2. The van der Waals surface area contributed by atoms with Gasteiger partial charge in [-0.3, -0.25) is 0 Å². The fourth-order valence-corrected chi connectivity index (χ4v) is 1.90. The third-order valence-corrected chi connectivity index (χ3v) is 2.71. The number of amides is 2. The average Bonchev–Trinajstić information content (AvgIpc) is 2.34. The molecule has 5 heteroatoms. The molecule has 0 saturated heterocycles. The number of hydrogen-bond acceptors (Lipinski definition) is 3. The van der Waals surface area contributed by atoms with E-state index in [-0.39, 0.29) is 6.03 Å². The van der Waals surface area contributed by atoms with Gasteiger partial charge < -0.3 is 20.6 Å². The maximum absolute atomic E-state index is 11.8. The standard InChI is InChI=1S/C15H25N3O2/c1-11(2)17-14-7-5-6-13(8-14)9-16-15(20)18(4)10-12(3)19/h5-8,11-12,17,19H,9-10H2,1-4H3,(H,16,20). The lowest BCUT2D eigenvalue weighted by Gasteiger charge is -2.19. The Morgan fingerprint density at radius 3 is 2.65 bits per heavy atom. The molecule has 1 aromatic carbocycles. The van der Waals surface area contributed by atoms with Gasteiger partial charge in [0.15, 0.2) is 0 Å². The second-order valence-electron chi connectivity index (χ2n) is 5.39. The molecule has 1 atom stereocenters. The molecule has 2 amide bonds. The van der Waals surface area contributed by atoms with E-state index >= 15 is 0 Å². The van der Waals surface area contributed by atoms with E-state index in [1.165, 1.54) is 4.90 Å². The van der Waals surface area contributed by atoms with E-state index in [9.17, 15) is 9.90 Å². The molecule has 0 radical (unpaired) electrons. The molecular formula is C15H25N3O2. The Morgan fingerprint density at radius 2 is 2.05 bits per heavy atom. The highest BCUT2D eigenvalue weighted by Crippen LogP contribution is 2.11. The number of benzene rings is 1. The Labute approximate surface area is 121 Å². The van der Waals surface area contributed by atoms with E-state index in [1.807, 2.05) is 24.3 Å². The maximum atomic E-state index is 11.8. The minimum atomic E-state index is -0.524. The zero-order valence-corrected chi connectivity index (χ0v) is 12.7. The Kier molecular flexibility index (Phi) is 6.31. The van der Waals surface area contributed by atoms with Crippen molar-refractivity contribution in [2.24, 2.45) is 0 Å². The summed E-state index contributed by atoms with van der Waals surface area (Å²) in [7, 11) is 1.67. The summed E-state index contributed by atoms with van der Waals surface area (Å²) in [4.78, 5) is 13.3. The predicted octanol–water partition coefficient (Wildman–Crippen LogP) is 2.03. The predicted molar refractivity (Wildman–Crippen MR) is 81.7 cm³/mol. The third kappa shape index (κ3) is 5.93. The number of aliphatic hydroxyl groups excluding tert-OH is 1. The van der Waals surface area contributed by atoms with Gasteiger partial charge in [0.25, 0.3) is 0 Å². The minimum absolute atomic E-state index is 0.187. The number of nitrogens with one attached hydrogen (secondary N) is 2. The molecule has 0 aliphatic rings. The lowest BCUT2D eigenvalue weighted by molar-refractivity contribution is 0.143. The first-order chi connectivity index (χ1) is 9.38. The molecule has 5 nitrogen and oxygen atoms in total. The van der Waals surface area contributed by atoms with Crippen LogP contribution in [0.5, 0.6) is 0 Å². The summed E-state index contributed by atoms with van der Waals surface area (Å²) in [5.74, 6) is 0. The summed E-state index contributed by atoms with van der Waals surface area (Å²) in [6.45, 7) is 6.61. The van der Waals surface area contributed by atoms with Crippen molar-refractivity contribution in [2.45, 2.75) is 39.5 Å². The van der Waals surface area contributed by atoms with E-state index in [2.05, 4.69) is 24.5 Å². The van der Waals surface area contributed by atoms with E-state index in [4.69, 9.17) is 0 Å². The SMILES string of the molecule is CC(O)CN(C)C(=O)NCc1cccc(NC(C)C)c1. The number of anilines is 1. The van der Waals surface area contributed by atoms with Gasteiger partial charge in [-0.05, 0) is 38.5 Å². The van der Waals surface area contributed by atoms with E-state index in [1.54, 1.807) is 14.0 Å². The molecule has 0 aliphatic heterocycles. The summed E-state index contributed by atoms with van der Waals surface area (Å²) in [6.07, 6.45) is -0.524. The van der Waals surface area contributed by atoms with Gasteiger partial charge in [0.05, 0.1) is 6.10 Å². The topological polar surface area (TPSA) is 64.6 Å². The van der Waals surface area contributed by atoms with Crippen molar-refractivity contribution in [1.29, 1.82) is 0 Å². The molecule has 0 fully saturated rings. The Bertz CT molecular complexity index is 433. The van der Waals surface area contributed by atoms with Gasteiger partial charge in [-0.25, -0.2) is 4.79 Å². The first kappa shape index (κ1) is 16.3. The third-order valence-electron chi connectivity index (χ3n) is 2.71. The van der Waals surface area contributed by atoms with Crippen LogP contribution < -0.4 is 10.6 Å². The van der Waals surface area contributed by atoms with E-state index in [0.717, 1.165) is 11.3 Å². The Hall–Kier alpha value is -1.75. The second-order valence-corrected chi connectivity index (χ2v) is 5.39. The lowest BCUT2D eigenvalue weighted by Crippen LogP contribution is -2.40. The van der Waals surface area contributed by atoms with Crippen LogP contribution in [-0.4, -0.2) is 41.8 Å². The summed E-state index contributed by atoms with van der Waals surface area (Å²) in [5, 5.41) is 15.4. The number of carbonyl (C=O) groups is 1. The van der Waals surface area contributed by atoms with Crippen LogP contribution in [0.3, 0.4) is 0 Å². The van der Waals surface area contributed by atoms with E-state index < -0.39 is 6.10 Å². The van der Waals surface area contributed by atoms with Gasteiger partial charge in [0.2, 0.25) is 0 Å². The van der Waals surface area contributed by atoms with Crippen LogP contribution in [0.15, 0.2) is 24.3 Å². The van der Waals surface area contributed by atoms with Crippen molar-refractivity contribution < 1.29 is 9.90 Å². The smallest absolute Gasteiger partial charge is 0.317 e. The van der Waals surface area contributed by atoms with Gasteiger partial charge in [-0.2, -0.15) is 0 Å². The van der Waals surface area contributed by atoms with E-state index in [0.29, 0.717) is 19.1 Å². The van der Waals surface area contributed by atoms with Crippen molar-refractivity contribution in [1.82, 2.24) is 10.2 Å². The number of carbonyl (C=O) groups excluding carboxylic acids is 1. The molecule has 0 bridgehead atoms. The Morgan fingerprint density at radius 1 is 1.35 bits per heavy atom. The van der Waals surface area contributed by atoms with Crippen LogP contribution in [0.2, 0.25) is 0 Å². The van der Waals surface area contributed by atoms with Gasteiger partial charge in [-0.1, -0.05) is 12.1 Å². The molecule has 3 N–H and O–H groups in total. The average molecular weight is 279 g/mol. The highest BCUT2D eigenvalue weighted by atomic mass is 16.3. The second kappa shape index (κ2) is 7.75. The van der Waals surface area contributed by atoms with Crippen molar-refractivity contribution in [3.05, 3.63) is 29.8 Å². The maximum Gasteiger partial charge on any atom is 0.317 e. The quantitative estimate of drug-likeness (QED) is 0.746. The molecule has 1 rings (SSSR count). The number of nitrogens with zero attached hydrogens (tertiary/aromatic N) is 1.